The summed E-state index contributed by atoms with van der Waals surface area (Å²) in [4.78, 5) is 0. The SMILES string of the molecule is [B]C1(C2(C3CCCCC3)CCCCC2)CCCCC1. The fourth-order valence-electron chi connectivity index (χ4n) is 5.83. The molecule has 0 atom stereocenters. The van der Waals surface area contributed by atoms with Crippen LogP contribution in [0.2, 0.25) is 5.31 Å². The largest absolute Gasteiger partial charge is 0.0753 e. The van der Waals surface area contributed by atoms with E-state index < -0.39 is 0 Å². The van der Waals surface area contributed by atoms with Gasteiger partial charge in [-0.15, -0.1) is 0 Å². The smallest absolute Gasteiger partial charge is 0.0603 e. The second-order valence-corrected chi connectivity index (χ2v) is 7.77. The number of hydrogen-bond donors (Lipinski definition) is 0. The highest BCUT2D eigenvalue weighted by Crippen LogP contribution is 2.65. The summed E-state index contributed by atoms with van der Waals surface area (Å²) in [5.74, 6) is 0.963. The number of hydrogen-bond acceptors (Lipinski definition) is 0. The van der Waals surface area contributed by atoms with Crippen LogP contribution in [-0.2, 0) is 0 Å². The van der Waals surface area contributed by atoms with Crippen molar-refractivity contribution < 1.29 is 0 Å². The van der Waals surface area contributed by atoms with Crippen molar-refractivity contribution in [2.75, 3.05) is 0 Å². The van der Waals surface area contributed by atoms with E-state index in [1.807, 2.05) is 0 Å². The molecule has 0 nitrogen and oxygen atoms in total. The van der Waals surface area contributed by atoms with Crippen molar-refractivity contribution >= 4 is 7.85 Å². The highest BCUT2D eigenvalue weighted by atomic mass is 14.5. The zero-order chi connectivity index (χ0) is 13.2. The molecule has 0 amide bonds. The van der Waals surface area contributed by atoms with Gasteiger partial charge in [-0.1, -0.05) is 75.9 Å². The molecule has 106 valence electrons. The Kier molecular flexibility index (Phi) is 4.29. The summed E-state index contributed by atoms with van der Waals surface area (Å²) >= 11 is 0. The van der Waals surface area contributed by atoms with E-state index in [1.165, 1.54) is 96.3 Å². The van der Waals surface area contributed by atoms with Crippen LogP contribution in [0, 0.1) is 11.3 Å². The summed E-state index contributed by atoms with van der Waals surface area (Å²) in [6, 6.07) is 0. The lowest BCUT2D eigenvalue weighted by molar-refractivity contribution is -0.000842. The summed E-state index contributed by atoms with van der Waals surface area (Å²) in [5, 5.41) is 0.202. The van der Waals surface area contributed by atoms with Gasteiger partial charge in [-0.2, -0.15) is 0 Å². The molecule has 0 aromatic carbocycles. The van der Waals surface area contributed by atoms with Gasteiger partial charge in [0, 0.05) is 0 Å². The van der Waals surface area contributed by atoms with Crippen molar-refractivity contribution in [1.82, 2.24) is 0 Å². The molecule has 3 aliphatic rings. The van der Waals surface area contributed by atoms with Crippen LogP contribution in [-0.4, -0.2) is 7.85 Å². The Bertz CT molecular complexity index is 278. The maximum absolute atomic E-state index is 7.10. The van der Waals surface area contributed by atoms with Crippen molar-refractivity contribution in [2.24, 2.45) is 11.3 Å². The molecule has 2 radical (unpaired) electrons. The third kappa shape index (κ3) is 2.51. The molecule has 3 fully saturated rings. The van der Waals surface area contributed by atoms with Crippen LogP contribution in [0.25, 0.3) is 0 Å². The average Bonchev–Trinajstić information content (AvgIpc) is 2.49. The first-order valence-electron chi connectivity index (χ1n) is 9.06. The van der Waals surface area contributed by atoms with Crippen LogP contribution in [0.5, 0.6) is 0 Å². The molecule has 0 bridgehead atoms. The lowest BCUT2D eigenvalue weighted by atomic mass is 9.39. The molecule has 0 heterocycles. The molecule has 0 aromatic rings. The average molecular weight is 258 g/mol. The van der Waals surface area contributed by atoms with Crippen molar-refractivity contribution in [1.29, 1.82) is 0 Å². The predicted octanol–water partition coefficient (Wildman–Crippen LogP) is 5.81. The van der Waals surface area contributed by atoms with Gasteiger partial charge in [0.05, 0.1) is 7.85 Å². The maximum atomic E-state index is 7.10. The minimum Gasteiger partial charge on any atom is -0.0603 e. The molecule has 0 spiro atoms. The second kappa shape index (κ2) is 5.82. The van der Waals surface area contributed by atoms with Crippen molar-refractivity contribution in [3.63, 3.8) is 0 Å². The van der Waals surface area contributed by atoms with E-state index in [9.17, 15) is 0 Å². The molecule has 0 aromatic heterocycles. The zero-order valence-electron chi connectivity index (χ0n) is 12.8. The Morgan fingerprint density at radius 2 is 1.05 bits per heavy atom. The predicted molar refractivity (Wildman–Crippen MR) is 83.6 cm³/mol. The maximum Gasteiger partial charge on any atom is 0.0753 e. The van der Waals surface area contributed by atoms with E-state index in [0.717, 1.165) is 5.92 Å². The summed E-state index contributed by atoms with van der Waals surface area (Å²) < 4.78 is 0. The van der Waals surface area contributed by atoms with Gasteiger partial charge in [0.25, 0.3) is 0 Å². The quantitative estimate of drug-likeness (QED) is 0.548. The van der Waals surface area contributed by atoms with Gasteiger partial charge in [-0.05, 0) is 37.0 Å². The van der Waals surface area contributed by atoms with Crippen LogP contribution in [0.15, 0.2) is 0 Å². The Morgan fingerprint density at radius 3 is 1.63 bits per heavy atom. The minimum absolute atomic E-state index is 0.202. The van der Waals surface area contributed by atoms with Gasteiger partial charge in [0.1, 0.15) is 0 Å². The van der Waals surface area contributed by atoms with E-state index in [0.29, 0.717) is 5.41 Å². The first kappa shape index (κ1) is 14.0. The van der Waals surface area contributed by atoms with E-state index in [4.69, 9.17) is 7.85 Å². The monoisotopic (exact) mass is 258 g/mol. The molecular formula is C18H31B. The Balaban J connectivity index is 1.86. The van der Waals surface area contributed by atoms with Crippen molar-refractivity contribution in [2.45, 2.75) is 102 Å². The molecule has 0 N–H and O–H groups in total. The van der Waals surface area contributed by atoms with Gasteiger partial charge >= 0.3 is 0 Å². The Labute approximate surface area is 121 Å². The second-order valence-electron chi connectivity index (χ2n) is 7.77. The van der Waals surface area contributed by atoms with Gasteiger partial charge in [-0.3, -0.25) is 0 Å². The lowest BCUT2D eigenvalue weighted by Crippen LogP contribution is -2.46. The normalized spacial score (nSPS) is 32.0. The van der Waals surface area contributed by atoms with Gasteiger partial charge in [0.2, 0.25) is 0 Å². The summed E-state index contributed by atoms with van der Waals surface area (Å²) in [6.45, 7) is 0. The molecule has 3 aliphatic carbocycles. The molecule has 0 unspecified atom stereocenters. The van der Waals surface area contributed by atoms with E-state index in [-0.39, 0.29) is 5.31 Å². The first-order valence-corrected chi connectivity index (χ1v) is 9.06. The molecule has 19 heavy (non-hydrogen) atoms. The van der Waals surface area contributed by atoms with Gasteiger partial charge in [-0.25, -0.2) is 0 Å². The third-order valence-corrected chi connectivity index (χ3v) is 6.87. The summed E-state index contributed by atoms with van der Waals surface area (Å²) in [6.07, 6.45) is 21.5. The van der Waals surface area contributed by atoms with Gasteiger partial charge in [0.15, 0.2) is 0 Å². The topological polar surface area (TPSA) is 0 Å². The Morgan fingerprint density at radius 1 is 0.579 bits per heavy atom. The van der Waals surface area contributed by atoms with Crippen molar-refractivity contribution in [3.05, 3.63) is 0 Å². The molecule has 1 heteroatoms. The van der Waals surface area contributed by atoms with Crippen LogP contribution >= 0.6 is 0 Å². The molecule has 0 saturated heterocycles. The lowest BCUT2D eigenvalue weighted by Gasteiger charge is -2.58. The van der Waals surface area contributed by atoms with E-state index in [1.54, 1.807) is 0 Å². The third-order valence-electron chi connectivity index (χ3n) is 6.87. The van der Waals surface area contributed by atoms with E-state index in [2.05, 4.69) is 0 Å². The number of rotatable bonds is 2. The van der Waals surface area contributed by atoms with Crippen LogP contribution in [0.3, 0.4) is 0 Å². The minimum atomic E-state index is 0.202. The zero-order valence-corrected chi connectivity index (χ0v) is 12.8. The van der Waals surface area contributed by atoms with Gasteiger partial charge < -0.3 is 0 Å². The molecule has 3 rings (SSSR count). The Hall–Kier alpha value is 0.0649. The highest BCUT2D eigenvalue weighted by molar-refractivity contribution is 6.16. The van der Waals surface area contributed by atoms with Crippen LogP contribution < -0.4 is 0 Å². The van der Waals surface area contributed by atoms with E-state index >= 15 is 0 Å². The standard InChI is InChI=1S/C18H31B/c19-18(14-8-3-9-15-18)17(12-6-2-7-13-17)16-10-4-1-5-11-16/h16H,1-15H2. The molecular weight excluding hydrogens is 227 g/mol. The van der Waals surface area contributed by atoms with Crippen LogP contribution in [0.1, 0.15) is 96.3 Å². The summed E-state index contributed by atoms with van der Waals surface area (Å²) in [7, 11) is 7.10. The fourth-order valence-corrected chi connectivity index (χ4v) is 5.83. The first-order chi connectivity index (χ1) is 9.27. The fraction of sp³-hybridized carbons (Fsp3) is 1.00. The molecule has 0 aliphatic heterocycles. The van der Waals surface area contributed by atoms with Crippen molar-refractivity contribution in [3.8, 4) is 0 Å². The summed E-state index contributed by atoms with van der Waals surface area (Å²) in [5.41, 5.74) is 0.534. The molecule has 3 saturated carbocycles. The highest BCUT2D eigenvalue weighted by Gasteiger charge is 2.51. The van der Waals surface area contributed by atoms with Crippen LogP contribution in [0.4, 0.5) is 0 Å².